The van der Waals surface area contributed by atoms with Gasteiger partial charge in [0.05, 0.1) is 33.8 Å². The molecule has 2 heterocycles. The van der Waals surface area contributed by atoms with E-state index < -0.39 is 10.0 Å². The molecule has 142 valence electrons. The van der Waals surface area contributed by atoms with Crippen molar-refractivity contribution in [3.05, 3.63) is 45.9 Å². The van der Waals surface area contributed by atoms with E-state index in [1.165, 1.54) is 28.6 Å². The van der Waals surface area contributed by atoms with Gasteiger partial charge in [0.1, 0.15) is 0 Å². The Balaban J connectivity index is 1.55. The number of piperidine rings is 1. The van der Waals surface area contributed by atoms with Crippen molar-refractivity contribution in [2.75, 3.05) is 13.1 Å². The highest BCUT2D eigenvalue weighted by Crippen LogP contribution is 2.24. The third-order valence-corrected chi connectivity index (χ3v) is 7.29. The minimum absolute atomic E-state index is 0.0592. The van der Waals surface area contributed by atoms with Crippen molar-refractivity contribution < 1.29 is 13.2 Å². The summed E-state index contributed by atoms with van der Waals surface area (Å²) in [5.74, 6) is -0.256. The normalized spacial score (nSPS) is 16.0. The van der Waals surface area contributed by atoms with Gasteiger partial charge in [-0.05, 0) is 44.0 Å². The molecular weight excluding hydrogens is 384 g/mol. The summed E-state index contributed by atoms with van der Waals surface area (Å²) < 4.78 is 26.8. The summed E-state index contributed by atoms with van der Waals surface area (Å²) in [5.41, 5.74) is 1.26. The summed E-state index contributed by atoms with van der Waals surface area (Å²) in [6.45, 7) is 2.92. The number of amides is 1. The zero-order valence-corrected chi connectivity index (χ0v) is 16.5. The molecule has 1 aliphatic rings. The molecule has 3 rings (SSSR count). The quantitative estimate of drug-likeness (QED) is 0.821. The number of hydrogen-bond donors (Lipinski definition) is 1. The van der Waals surface area contributed by atoms with E-state index in [9.17, 15) is 13.2 Å². The molecule has 0 spiro atoms. The minimum Gasteiger partial charge on any atom is -0.350 e. The molecule has 1 aliphatic heterocycles. The first-order valence-electron chi connectivity index (χ1n) is 8.59. The molecule has 0 bridgehead atoms. The Bertz CT molecular complexity index is 953. The smallest absolute Gasteiger partial charge is 0.243 e. The van der Waals surface area contributed by atoms with Gasteiger partial charge in [-0.3, -0.25) is 4.79 Å². The van der Waals surface area contributed by atoms with Crippen LogP contribution in [0.25, 0.3) is 0 Å². The van der Waals surface area contributed by atoms with Crippen LogP contribution >= 0.6 is 11.3 Å². The standard InChI is InChI=1S/C18H20N4O3S2/c1-13-21-16(12-26-13)11-20-18(23)15-6-8-22(9-7-15)27(24,25)17-4-2-14(10-19)3-5-17/h2-5,12,15H,6-9,11H2,1H3,(H,20,23). The van der Waals surface area contributed by atoms with E-state index in [4.69, 9.17) is 5.26 Å². The molecule has 9 heteroatoms. The zero-order valence-electron chi connectivity index (χ0n) is 14.9. The Morgan fingerprint density at radius 2 is 2.00 bits per heavy atom. The van der Waals surface area contributed by atoms with Gasteiger partial charge in [-0.15, -0.1) is 11.3 Å². The molecule has 1 saturated heterocycles. The number of benzene rings is 1. The average Bonchev–Trinajstić information content (AvgIpc) is 3.11. The molecule has 2 aromatic rings. The second-order valence-electron chi connectivity index (χ2n) is 6.39. The molecule has 1 N–H and O–H groups in total. The number of carbonyl (C=O) groups excluding carboxylic acids is 1. The lowest BCUT2D eigenvalue weighted by atomic mass is 9.97. The lowest BCUT2D eigenvalue weighted by Crippen LogP contribution is -2.42. The minimum atomic E-state index is -3.61. The maximum absolute atomic E-state index is 12.7. The molecule has 0 aliphatic carbocycles. The molecule has 0 unspecified atom stereocenters. The van der Waals surface area contributed by atoms with E-state index in [1.54, 1.807) is 11.3 Å². The Morgan fingerprint density at radius 3 is 2.56 bits per heavy atom. The van der Waals surface area contributed by atoms with E-state index in [-0.39, 0.29) is 16.7 Å². The zero-order chi connectivity index (χ0) is 19.4. The van der Waals surface area contributed by atoms with Gasteiger partial charge < -0.3 is 5.32 Å². The van der Waals surface area contributed by atoms with Crippen LogP contribution in [0.3, 0.4) is 0 Å². The molecule has 0 atom stereocenters. The van der Waals surface area contributed by atoms with Crippen molar-refractivity contribution in [1.29, 1.82) is 5.26 Å². The number of nitrogens with zero attached hydrogens (tertiary/aromatic N) is 3. The van der Waals surface area contributed by atoms with Crippen molar-refractivity contribution in [3.63, 3.8) is 0 Å². The predicted molar refractivity (Wildman–Crippen MR) is 101 cm³/mol. The SMILES string of the molecule is Cc1nc(CNC(=O)C2CCN(S(=O)(=O)c3ccc(C#N)cc3)CC2)cs1. The number of nitriles is 1. The molecule has 1 fully saturated rings. The van der Waals surface area contributed by atoms with Gasteiger partial charge in [0.25, 0.3) is 0 Å². The summed E-state index contributed by atoms with van der Waals surface area (Å²) in [7, 11) is -3.61. The van der Waals surface area contributed by atoms with Crippen molar-refractivity contribution in [1.82, 2.24) is 14.6 Å². The number of thiazole rings is 1. The molecule has 1 aromatic carbocycles. The van der Waals surface area contributed by atoms with Crippen molar-refractivity contribution in [3.8, 4) is 6.07 Å². The Labute approximate surface area is 162 Å². The third kappa shape index (κ3) is 4.53. The molecule has 0 saturated carbocycles. The van der Waals surface area contributed by atoms with Crippen LogP contribution in [-0.2, 0) is 21.4 Å². The number of aryl methyl sites for hydroxylation is 1. The van der Waals surface area contributed by atoms with Crippen LogP contribution in [0.15, 0.2) is 34.5 Å². The maximum Gasteiger partial charge on any atom is 0.243 e. The first kappa shape index (κ1) is 19.5. The van der Waals surface area contributed by atoms with E-state index in [1.807, 2.05) is 18.4 Å². The third-order valence-electron chi connectivity index (χ3n) is 4.56. The number of sulfonamides is 1. The fraction of sp³-hybridized carbons (Fsp3) is 0.389. The second-order valence-corrected chi connectivity index (χ2v) is 9.39. The van der Waals surface area contributed by atoms with Gasteiger partial charge in [0.15, 0.2) is 0 Å². The number of rotatable bonds is 5. The molecular formula is C18H20N4O3S2. The molecule has 27 heavy (non-hydrogen) atoms. The lowest BCUT2D eigenvalue weighted by molar-refractivity contribution is -0.126. The highest BCUT2D eigenvalue weighted by molar-refractivity contribution is 7.89. The highest BCUT2D eigenvalue weighted by atomic mass is 32.2. The Kier molecular flexibility index (Phi) is 5.89. The van der Waals surface area contributed by atoms with Gasteiger partial charge in [0.2, 0.25) is 15.9 Å². The van der Waals surface area contributed by atoms with Gasteiger partial charge in [-0.25, -0.2) is 13.4 Å². The monoisotopic (exact) mass is 404 g/mol. The summed E-state index contributed by atoms with van der Waals surface area (Å²) in [6.07, 6.45) is 0.967. The van der Waals surface area contributed by atoms with Crippen molar-refractivity contribution >= 4 is 27.3 Å². The Hall–Kier alpha value is -2.28. The van der Waals surface area contributed by atoms with Gasteiger partial charge in [-0.2, -0.15) is 9.57 Å². The van der Waals surface area contributed by atoms with Crippen molar-refractivity contribution in [2.24, 2.45) is 5.92 Å². The molecule has 0 radical (unpaired) electrons. The average molecular weight is 405 g/mol. The molecule has 7 nitrogen and oxygen atoms in total. The van der Waals surface area contributed by atoms with Gasteiger partial charge >= 0.3 is 0 Å². The van der Waals surface area contributed by atoms with Crippen molar-refractivity contribution in [2.45, 2.75) is 31.2 Å². The summed E-state index contributed by atoms with van der Waals surface area (Å²) >= 11 is 1.54. The van der Waals surface area contributed by atoms with Crippen LogP contribution in [0.2, 0.25) is 0 Å². The number of hydrogen-bond acceptors (Lipinski definition) is 6. The first-order valence-corrected chi connectivity index (χ1v) is 10.9. The predicted octanol–water partition coefficient (Wildman–Crippen LogP) is 2.04. The van der Waals surface area contributed by atoms with E-state index in [0.717, 1.165) is 10.7 Å². The first-order chi connectivity index (χ1) is 12.9. The van der Waals surface area contributed by atoms with Crippen LogP contribution in [0.1, 0.15) is 29.1 Å². The van der Waals surface area contributed by atoms with Crippen LogP contribution in [-0.4, -0.2) is 36.7 Å². The largest absolute Gasteiger partial charge is 0.350 e. The summed E-state index contributed by atoms with van der Waals surface area (Å²) in [5, 5.41) is 14.6. The number of aromatic nitrogens is 1. The topological polar surface area (TPSA) is 103 Å². The highest BCUT2D eigenvalue weighted by Gasteiger charge is 2.32. The van der Waals surface area contributed by atoms with E-state index >= 15 is 0 Å². The van der Waals surface area contributed by atoms with Crippen LogP contribution in [0.4, 0.5) is 0 Å². The van der Waals surface area contributed by atoms with Crippen LogP contribution in [0.5, 0.6) is 0 Å². The molecule has 1 amide bonds. The van der Waals surface area contributed by atoms with Gasteiger partial charge in [0, 0.05) is 24.4 Å². The fourth-order valence-corrected chi connectivity index (χ4v) is 5.10. The van der Waals surface area contributed by atoms with Crippen LogP contribution in [0, 0.1) is 24.2 Å². The van der Waals surface area contributed by atoms with E-state index in [2.05, 4.69) is 10.3 Å². The molecule has 1 aromatic heterocycles. The summed E-state index contributed by atoms with van der Waals surface area (Å²) in [4.78, 5) is 16.8. The summed E-state index contributed by atoms with van der Waals surface area (Å²) in [6, 6.07) is 7.85. The van der Waals surface area contributed by atoms with Crippen LogP contribution < -0.4 is 5.32 Å². The Morgan fingerprint density at radius 1 is 1.33 bits per heavy atom. The van der Waals surface area contributed by atoms with E-state index in [0.29, 0.717) is 38.0 Å². The lowest BCUT2D eigenvalue weighted by Gasteiger charge is -2.30. The van der Waals surface area contributed by atoms with Gasteiger partial charge in [-0.1, -0.05) is 0 Å². The number of nitrogens with one attached hydrogen (secondary N) is 1. The number of carbonyl (C=O) groups is 1. The second kappa shape index (κ2) is 8.17. The maximum atomic E-state index is 12.7. The fourth-order valence-electron chi connectivity index (χ4n) is 3.02.